The molecule has 282 valence electrons. The number of allylic oxidation sites excluding steroid dienone is 1. The van der Waals surface area contributed by atoms with E-state index in [0.29, 0.717) is 37.3 Å². The highest BCUT2D eigenvalue weighted by Gasteiger charge is 2.32. The van der Waals surface area contributed by atoms with Crippen molar-refractivity contribution < 1.29 is 24.6 Å². The fourth-order valence-corrected chi connectivity index (χ4v) is 7.20. The second-order valence-electron chi connectivity index (χ2n) is 14.6. The van der Waals surface area contributed by atoms with Gasteiger partial charge in [-0.3, -0.25) is 9.59 Å². The Balaban J connectivity index is 1.55. The molecule has 2 aromatic carbocycles. The normalized spacial score (nSPS) is 16.9. The number of amides is 3. The molecule has 3 amide bonds. The van der Waals surface area contributed by atoms with E-state index in [-0.39, 0.29) is 30.7 Å². The third-order valence-corrected chi connectivity index (χ3v) is 10.3. The molecule has 1 aromatic heterocycles. The second-order valence-corrected chi connectivity index (χ2v) is 14.6. The highest BCUT2D eigenvalue weighted by atomic mass is 16.4. The van der Waals surface area contributed by atoms with E-state index in [2.05, 4.69) is 51.7 Å². The summed E-state index contributed by atoms with van der Waals surface area (Å²) in [5.41, 5.74) is 2.55. The molecule has 1 fully saturated rings. The van der Waals surface area contributed by atoms with Crippen molar-refractivity contribution in [3.05, 3.63) is 103 Å². The molecule has 0 spiro atoms. The standard InChI is InChI=1S/C41H58N6O5/c1-4-32(28(2)3)23-38(48)35(21-30-16-10-6-11-17-30)46-40(50)37(24-33-25-42-27-44-33)47-39(49)36(22-31-18-12-7-13-19-31)43-26-34(45-41(51)52)20-29-14-8-5-9-15-29/h4-5,7-9,12-15,18-19,25,27-28,30,32,34-38,43,45,48H,1,6,10-11,16-17,20-24,26H2,2-3H3,(H,42,44)(H,46,50)(H,47,49)(H,51,52)/t32-,34?,35-,36?,37-,38+/m0/s1. The van der Waals surface area contributed by atoms with E-state index in [9.17, 15) is 24.6 Å². The van der Waals surface area contributed by atoms with Gasteiger partial charge < -0.3 is 36.5 Å². The number of nitrogens with zero attached hydrogens (tertiary/aromatic N) is 1. The quantitative estimate of drug-likeness (QED) is 0.0747. The van der Waals surface area contributed by atoms with Gasteiger partial charge in [-0.1, -0.05) is 113 Å². The molecule has 0 aliphatic heterocycles. The largest absolute Gasteiger partial charge is 0.465 e. The van der Waals surface area contributed by atoms with Crippen molar-refractivity contribution in [1.82, 2.24) is 31.2 Å². The van der Waals surface area contributed by atoms with Crippen molar-refractivity contribution in [2.24, 2.45) is 17.8 Å². The van der Waals surface area contributed by atoms with Gasteiger partial charge in [0.05, 0.1) is 24.5 Å². The van der Waals surface area contributed by atoms with Gasteiger partial charge in [0, 0.05) is 30.9 Å². The third kappa shape index (κ3) is 13.6. The maximum atomic E-state index is 14.2. The van der Waals surface area contributed by atoms with Gasteiger partial charge in [0.1, 0.15) is 6.04 Å². The van der Waals surface area contributed by atoms with Crippen LogP contribution in [0.4, 0.5) is 4.79 Å². The van der Waals surface area contributed by atoms with Crippen LogP contribution >= 0.6 is 0 Å². The van der Waals surface area contributed by atoms with Gasteiger partial charge in [0.2, 0.25) is 11.8 Å². The van der Waals surface area contributed by atoms with Gasteiger partial charge >= 0.3 is 6.09 Å². The number of aromatic nitrogens is 2. The second kappa shape index (κ2) is 21.1. The summed E-state index contributed by atoms with van der Waals surface area (Å²) in [6, 6.07) is 16.4. The Morgan fingerprint density at radius 2 is 1.52 bits per heavy atom. The first-order chi connectivity index (χ1) is 25.1. The molecule has 2 unspecified atom stereocenters. The van der Waals surface area contributed by atoms with Crippen LogP contribution in [0.5, 0.6) is 0 Å². The lowest BCUT2D eigenvalue weighted by atomic mass is 9.81. The molecule has 0 saturated heterocycles. The molecular formula is C41H58N6O5. The Kier molecular flexibility index (Phi) is 16.4. The number of aliphatic hydroxyl groups is 1. The summed E-state index contributed by atoms with van der Waals surface area (Å²) in [5, 5.41) is 33.2. The average Bonchev–Trinajstić information content (AvgIpc) is 3.65. The van der Waals surface area contributed by atoms with Gasteiger partial charge in [0.15, 0.2) is 0 Å². The summed E-state index contributed by atoms with van der Waals surface area (Å²) in [5.74, 6) is 0.00648. The summed E-state index contributed by atoms with van der Waals surface area (Å²) >= 11 is 0. The molecule has 1 aliphatic carbocycles. The van der Waals surface area contributed by atoms with Crippen molar-refractivity contribution in [2.45, 2.75) is 108 Å². The molecule has 1 saturated carbocycles. The minimum absolute atomic E-state index is 0.0902. The van der Waals surface area contributed by atoms with Crippen LogP contribution in [0.1, 0.15) is 75.6 Å². The molecule has 0 radical (unpaired) electrons. The molecule has 11 nitrogen and oxygen atoms in total. The number of aromatic amines is 1. The maximum absolute atomic E-state index is 14.2. The maximum Gasteiger partial charge on any atom is 0.404 e. The Morgan fingerprint density at radius 3 is 2.10 bits per heavy atom. The number of H-pyrrole nitrogens is 1. The lowest BCUT2D eigenvalue weighted by Gasteiger charge is -2.33. The average molecular weight is 715 g/mol. The number of hydrogen-bond acceptors (Lipinski definition) is 6. The summed E-state index contributed by atoms with van der Waals surface area (Å²) in [7, 11) is 0. The molecule has 11 heteroatoms. The zero-order chi connectivity index (χ0) is 37.3. The van der Waals surface area contributed by atoms with E-state index in [1.807, 2.05) is 66.7 Å². The number of carbonyl (C=O) groups is 3. The number of hydrogen-bond donors (Lipinski definition) is 7. The first-order valence-corrected chi connectivity index (χ1v) is 18.8. The Morgan fingerprint density at radius 1 is 0.885 bits per heavy atom. The summed E-state index contributed by atoms with van der Waals surface area (Å²) in [6.45, 7) is 8.37. The topological polar surface area (TPSA) is 168 Å². The predicted molar refractivity (Wildman–Crippen MR) is 204 cm³/mol. The SMILES string of the molecule is C=C[C@@H](C[C@@H](O)[C@H](CC1CCCCC1)NC(=O)[C@H](Cc1cnc[nH]1)NC(=O)C(Cc1ccccc1)NCC(Cc1ccccc1)NC(=O)O)C(C)C. The van der Waals surface area contributed by atoms with E-state index < -0.39 is 42.3 Å². The lowest BCUT2D eigenvalue weighted by Crippen LogP contribution is -2.58. The van der Waals surface area contributed by atoms with Gasteiger partial charge in [-0.05, 0) is 54.6 Å². The molecule has 4 rings (SSSR count). The monoisotopic (exact) mass is 714 g/mol. The van der Waals surface area contributed by atoms with Gasteiger partial charge in [-0.2, -0.15) is 0 Å². The minimum Gasteiger partial charge on any atom is -0.465 e. The van der Waals surface area contributed by atoms with Crippen LogP contribution in [0.2, 0.25) is 0 Å². The van der Waals surface area contributed by atoms with E-state index in [1.54, 1.807) is 6.20 Å². The molecule has 52 heavy (non-hydrogen) atoms. The van der Waals surface area contributed by atoms with Crippen LogP contribution < -0.4 is 21.3 Å². The van der Waals surface area contributed by atoms with Crippen molar-refractivity contribution in [3.63, 3.8) is 0 Å². The van der Waals surface area contributed by atoms with Crippen LogP contribution in [-0.4, -0.2) is 74.9 Å². The third-order valence-electron chi connectivity index (χ3n) is 10.3. The number of aliphatic hydroxyl groups excluding tert-OH is 1. The van der Waals surface area contributed by atoms with Crippen LogP contribution in [0.15, 0.2) is 85.8 Å². The number of rotatable bonds is 21. The molecular weight excluding hydrogens is 656 g/mol. The van der Waals surface area contributed by atoms with Crippen molar-refractivity contribution in [2.75, 3.05) is 6.54 Å². The predicted octanol–water partition coefficient (Wildman–Crippen LogP) is 5.18. The number of carboxylic acid groups (broad SMARTS) is 1. The number of benzene rings is 2. The van der Waals surface area contributed by atoms with Crippen LogP contribution in [0.25, 0.3) is 0 Å². The fraction of sp³-hybridized carbons (Fsp3) is 0.512. The smallest absolute Gasteiger partial charge is 0.404 e. The van der Waals surface area contributed by atoms with E-state index in [0.717, 1.165) is 36.8 Å². The molecule has 7 N–H and O–H groups in total. The van der Waals surface area contributed by atoms with Gasteiger partial charge in [0.25, 0.3) is 0 Å². The van der Waals surface area contributed by atoms with Crippen LogP contribution in [0, 0.1) is 17.8 Å². The molecule has 3 aromatic rings. The minimum atomic E-state index is -1.15. The zero-order valence-corrected chi connectivity index (χ0v) is 30.7. The number of carbonyl (C=O) groups excluding carboxylic acids is 2. The van der Waals surface area contributed by atoms with Crippen LogP contribution in [0.3, 0.4) is 0 Å². The molecule has 1 heterocycles. The number of imidazole rings is 1. The highest BCUT2D eigenvalue weighted by molar-refractivity contribution is 5.90. The number of nitrogens with one attached hydrogen (secondary N) is 5. The first kappa shape index (κ1) is 40.3. The fourth-order valence-electron chi connectivity index (χ4n) is 7.20. The highest BCUT2D eigenvalue weighted by Crippen LogP contribution is 2.30. The summed E-state index contributed by atoms with van der Waals surface area (Å²) in [6.07, 6.45) is 10.8. The Hall–Kier alpha value is -4.48. The molecule has 1 aliphatic rings. The van der Waals surface area contributed by atoms with Gasteiger partial charge in [-0.25, -0.2) is 9.78 Å². The van der Waals surface area contributed by atoms with E-state index in [4.69, 9.17) is 0 Å². The Bertz CT molecular complexity index is 1500. The van der Waals surface area contributed by atoms with Crippen molar-refractivity contribution in [1.29, 1.82) is 0 Å². The van der Waals surface area contributed by atoms with Crippen LogP contribution in [-0.2, 0) is 28.9 Å². The lowest BCUT2D eigenvalue weighted by molar-refractivity contribution is -0.131. The van der Waals surface area contributed by atoms with Crippen molar-refractivity contribution >= 4 is 17.9 Å². The van der Waals surface area contributed by atoms with E-state index in [1.165, 1.54) is 12.7 Å². The van der Waals surface area contributed by atoms with Crippen molar-refractivity contribution in [3.8, 4) is 0 Å². The molecule has 6 atom stereocenters. The summed E-state index contributed by atoms with van der Waals surface area (Å²) in [4.78, 5) is 47.3. The molecule has 0 bridgehead atoms. The Labute approximate surface area is 308 Å². The summed E-state index contributed by atoms with van der Waals surface area (Å²) < 4.78 is 0. The zero-order valence-electron chi connectivity index (χ0n) is 30.7. The van der Waals surface area contributed by atoms with E-state index >= 15 is 0 Å². The first-order valence-electron chi connectivity index (χ1n) is 18.8. The van der Waals surface area contributed by atoms with Gasteiger partial charge in [-0.15, -0.1) is 6.58 Å².